The van der Waals surface area contributed by atoms with E-state index in [0.717, 1.165) is 13.1 Å². The average molecular weight is 287 g/mol. The van der Waals surface area contributed by atoms with E-state index in [2.05, 4.69) is 22.2 Å². The van der Waals surface area contributed by atoms with Crippen LogP contribution in [0.5, 0.6) is 0 Å². The zero-order chi connectivity index (χ0) is 14.7. The zero-order valence-corrected chi connectivity index (χ0v) is 12.8. The quantitative estimate of drug-likeness (QED) is 0.928. The predicted molar refractivity (Wildman–Crippen MR) is 83.1 cm³/mol. The summed E-state index contributed by atoms with van der Waals surface area (Å²) in [5, 5.41) is 3.13. The largest absolute Gasteiger partial charge is 0.352 e. The van der Waals surface area contributed by atoms with Gasteiger partial charge in [0.05, 0.1) is 5.56 Å². The van der Waals surface area contributed by atoms with Gasteiger partial charge in [-0.15, -0.1) is 0 Å². The zero-order valence-electron chi connectivity index (χ0n) is 12.8. The Kier molecular flexibility index (Phi) is 4.24. The van der Waals surface area contributed by atoms with Crippen LogP contribution in [-0.4, -0.2) is 42.5 Å². The average Bonchev–Trinajstić information content (AvgIpc) is 2.81. The molecule has 1 aromatic heterocycles. The second-order valence-electron chi connectivity index (χ2n) is 6.77. The van der Waals surface area contributed by atoms with Crippen LogP contribution in [0, 0.1) is 11.3 Å². The summed E-state index contributed by atoms with van der Waals surface area (Å²) >= 11 is 0. The lowest BCUT2D eigenvalue weighted by atomic mass is 9.67. The molecular weight excluding hydrogens is 262 g/mol. The van der Waals surface area contributed by atoms with Crippen LogP contribution in [0.3, 0.4) is 0 Å². The monoisotopic (exact) mass is 287 g/mol. The topological polar surface area (TPSA) is 45.2 Å². The third-order valence-corrected chi connectivity index (χ3v) is 5.26. The smallest absolute Gasteiger partial charge is 0.252 e. The molecule has 1 aliphatic carbocycles. The summed E-state index contributed by atoms with van der Waals surface area (Å²) in [6.45, 7) is 3.09. The summed E-state index contributed by atoms with van der Waals surface area (Å²) in [6, 6.07) is 3.63. The Labute approximate surface area is 126 Å². The lowest BCUT2D eigenvalue weighted by molar-refractivity contribution is 0.0916. The molecule has 0 radical (unpaired) electrons. The second-order valence-corrected chi connectivity index (χ2v) is 6.77. The summed E-state index contributed by atoms with van der Waals surface area (Å²) in [4.78, 5) is 18.6. The maximum atomic E-state index is 12.2. The van der Waals surface area contributed by atoms with E-state index in [0.29, 0.717) is 16.9 Å². The highest BCUT2D eigenvalue weighted by Crippen LogP contribution is 2.46. The number of amides is 1. The van der Waals surface area contributed by atoms with Crippen LogP contribution in [-0.2, 0) is 0 Å². The van der Waals surface area contributed by atoms with E-state index in [1.54, 1.807) is 18.5 Å². The molecule has 2 aliphatic rings. The molecule has 1 atom stereocenters. The minimum absolute atomic E-state index is 0.00334. The summed E-state index contributed by atoms with van der Waals surface area (Å²) < 4.78 is 0. The van der Waals surface area contributed by atoms with Gasteiger partial charge in [0.25, 0.3) is 5.91 Å². The Bertz CT molecular complexity index is 482. The van der Waals surface area contributed by atoms with Crippen LogP contribution in [0.25, 0.3) is 0 Å². The highest BCUT2D eigenvalue weighted by atomic mass is 16.1. The normalized spacial score (nSPS) is 25.1. The number of nitrogens with one attached hydrogen (secondary N) is 1. The Morgan fingerprint density at radius 3 is 2.95 bits per heavy atom. The molecule has 3 rings (SSSR count). The van der Waals surface area contributed by atoms with Gasteiger partial charge in [0.2, 0.25) is 0 Å². The van der Waals surface area contributed by atoms with Crippen LogP contribution in [0.2, 0.25) is 0 Å². The van der Waals surface area contributed by atoms with Crippen molar-refractivity contribution in [3.05, 3.63) is 30.1 Å². The van der Waals surface area contributed by atoms with Crippen LogP contribution in [0.15, 0.2) is 24.5 Å². The SMILES string of the molecule is CN1CC(CNC(=O)c2cccnc2)C2(CCCCC2)C1. The van der Waals surface area contributed by atoms with Gasteiger partial charge in [0, 0.05) is 32.0 Å². The van der Waals surface area contributed by atoms with Gasteiger partial charge >= 0.3 is 0 Å². The van der Waals surface area contributed by atoms with Gasteiger partial charge in [0.15, 0.2) is 0 Å². The summed E-state index contributed by atoms with van der Waals surface area (Å²) in [5.74, 6) is 0.590. The first-order chi connectivity index (χ1) is 10.2. The Morgan fingerprint density at radius 1 is 1.43 bits per heavy atom. The van der Waals surface area contributed by atoms with Gasteiger partial charge in [-0.1, -0.05) is 19.3 Å². The number of hydrogen-bond acceptors (Lipinski definition) is 3. The van der Waals surface area contributed by atoms with Crippen LogP contribution in [0.4, 0.5) is 0 Å². The van der Waals surface area contributed by atoms with Crippen LogP contribution in [0.1, 0.15) is 42.5 Å². The van der Waals surface area contributed by atoms with E-state index < -0.39 is 0 Å². The summed E-state index contributed by atoms with van der Waals surface area (Å²) in [5.41, 5.74) is 1.09. The van der Waals surface area contributed by atoms with E-state index >= 15 is 0 Å². The van der Waals surface area contributed by atoms with Gasteiger partial charge in [0.1, 0.15) is 0 Å². The molecule has 2 fully saturated rings. The number of aromatic nitrogens is 1. The molecule has 2 heterocycles. The summed E-state index contributed by atoms with van der Waals surface area (Å²) in [7, 11) is 2.21. The number of pyridine rings is 1. The molecule has 1 saturated carbocycles. The van der Waals surface area contributed by atoms with Crippen LogP contribution < -0.4 is 5.32 Å². The molecule has 4 heteroatoms. The predicted octanol–water partition coefficient (Wildman–Crippen LogP) is 2.32. The van der Waals surface area contributed by atoms with E-state index in [4.69, 9.17) is 0 Å². The highest BCUT2D eigenvalue weighted by Gasteiger charge is 2.45. The van der Waals surface area contributed by atoms with Gasteiger partial charge in [-0.25, -0.2) is 0 Å². The first kappa shape index (κ1) is 14.5. The van der Waals surface area contributed by atoms with Crippen molar-refractivity contribution >= 4 is 5.91 Å². The van der Waals surface area contributed by atoms with E-state index in [9.17, 15) is 4.79 Å². The Balaban J connectivity index is 1.62. The molecule has 1 aromatic rings. The Hall–Kier alpha value is -1.42. The fraction of sp³-hybridized carbons (Fsp3) is 0.647. The van der Waals surface area contributed by atoms with E-state index in [1.165, 1.54) is 38.6 Å². The maximum absolute atomic E-state index is 12.2. The number of carbonyl (C=O) groups is 1. The standard InChI is InChI=1S/C17H25N3O/c1-20-12-15(17(13-20)7-3-2-4-8-17)11-19-16(21)14-6-5-9-18-10-14/h5-6,9-10,15H,2-4,7-8,11-13H2,1H3,(H,19,21). The molecule has 1 saturated heterocycles. The van der Waals surface area contributed by atoms with Crippen molar-refractivity contribution in [3.63, 3.8) is 0 Å². The van der Waals surface area contributed by atoms with Crippen LogP contribution >= 0.6 is 0 Å². The third kappa shape index (κ3) is 3.10. The first-order valence-electron chi connectivity index (χ1n) is 8.06. The van der Waals surface area contributed by atoms with Crippen molar-refractivity contribution in [2.75, 3.05) is 26.7 Å². The molecule has 114 valence electrons. The molecular formula is C17H25N3O. The van der Waals surface area contributed by atoms with E-state index in [1.807, 2.05) is 6.07 Å². The molecule has 1 spiro atoms. The fourth-order valence-electron chi connectivity index (χ4n) is 4.22. The fourth-order valence-corrected chi connectivity index (χ4v) is 4.22. The molecule has 1 N–H and O–H groups in total. The molecule has 4 nitrogen and oxygen atoms in total. The number of hydrogen-bond donors (Lipinski definition) is 1. The highest BCUT2D eigenvalue weighted by molar-refractivity contribution is 5.93. The molecule has 1 unspecified atom stereocenters. The van der Waals surface area contributed by atoms with E-state index in [-0.39, 0.29) is 5.91 Å². The lowest BCUT2D eigenvalue weighted by Crippen LogP contribution is -2.40. The molecule has 1 aliphatic heterocycles. The van der Waals surface area contributed by atoms with Crippen molar-refractivity contribution in [2.45, 2.75) is 32.1 Å². The number of rotatable bonds is 3. The molecule has 0 bridgehead atoms. The molecule has 21 heavy (non-hydrogen) atoms. The van der Waals surface area contributed by atoms with Crippen molar-refractivity contribution in [1.29, 1.82) is 0 Å². The number of nitrogens with zero attached hydrogens (tertiary/aromatic N) is 2. The lowest BCUT2D eigenvalue weighted by Gasteiger charge is -2.38. The van der Waals surface area contributed by atoms with Crippen molar-refractivity contribution in [3.8, 4) is 0 Å². The van der Waals surface area contributed by atoms with Crippen molar-refractivity contribution < 1.29 is 4.79 Å². The minimum atomic E-state index is 0.00334. The first-order valence-corrected chi connectivity index (χ1v) is 8.06. The van der Waals surface area contributed by atoms with Gasteiger partial charge < -0.3 is 10.2 Å². The number of likely N-dealkylation sites (tertiary alicyclic amines) is 1. The number of carbonyl (C=O) groups excluding carboxylic acids is 1. The molecule has 1 amide bonds. The summed E-state index contributed by atoms with van der Waals surface area (Å²) in [6.07, 6.45) is 10.0. The van der Waals surface area contributed by atoms with Gasteiger partial charge in [-0.3, -0.25) is 9.78 Å². The van der Waals surface area contributed by atoms with Crippen molar-refractivity contribution in [1.82, 2.24) is 15.2 Å². The Morgan fingerprint density at radius 2 is 2.24 bits per heavy atom. The minimum Gasteiger partial charge on any atom is -0.352 e. The molecule has 0 aromatic carbocycles. The second kappa shape index (κ2) is 6.14. The third-order valence-electron chi connectivity index (χ3n) is 5.26. The van der Waals surface area contributed by atoms with Crippen molar-refractivity contribution in [2.24, 2.45) is 11.3 Å². The van der Waals surface area contributed by atoms with Gasteiger partial charge in [-0.2, -0.15) is 0 Å². The van der Waals surface area contributed by atoms with Gasteiger partial charge in [-0.05, 0) is 43.4 Å². The maximum Gasteiger partial charge on any atom is 0.252 e.